The van der Waals surface area contributed by atoms with E-state index in [0.717, 1.165) is 34.5 Å². The average molecular weight is 479 g/mol. The van der Waals surface area contributed by atoms with E-state index in [1.165, 1.54) is 12.1 Å². The van der Waals surface area contributed by atoms with Gasteiger partial charge in [0.2, 0.25) is 0 Å². The van der Waals surface area contributed by atoms with Crippen molar-refractivity contribution in [3.63, 3.8) is 0 Å². The van der Waals surface area contributed by atoms with E-state index in [2.05, 4.69) is 32.3 Å². The third kappa shape index (κ3) is 5.40. The topological polar surface area (TPSA) is 88.9 Å². The third-order valence-corrected chi connectivity index (χ3v) is 6.06. The molecular formula is C26H31FN6O2. The quantitative estimate of drug-likeness (QED) is 0.399. The number of H-pyrrole nitrogens is 1. The van der Waals surface area contributed by atoms with Gasteiger partial charge in [0.15, 0.2) is 5.82 Å². The Hall–Kier alpha value is -3.59. The minimum absolute atomic E-state index is 0.156. The van der Waals surface area contributed by atoms with E-state index < -0.39 is 0 Å². The second kappa shape index (κ2) is 9.95. The molecule has 0 aliphatic carbocycles. The molecule has 0 unspecified atom stereocenters. The molecule has 2 aromatic heterocycles. The van der Waals surface area contributed by atoms with Crippen LogP contribution in [-0.4, -0.2) is 37.2 Å². The molecule has 0 aliphatic heterocycles. The second-order valence-electron chi connectivity index (χ2n) is 9.65. The van der Waals surface area contributed by atoms with Gasteiger partial charge in [-0.2, -0.15) is 0 Å². The lowest BCUT2D eigenvalue weighted by Gasteiger charge is -2.32. The summed E-state index contributed by atoms with van der Waals surface area (Å²) in [6.45, 7) is 9.06. The fourth-order valence-corrected chi connectivity index (χ4v) is 4.28. The highest BCUT2D eigenvalue weighted by Gasteiger charge is 2.29. The van der Waals surface area contributed by atoms with Gasteiger partial charge in [-0.1, -0.05) is 19.1 Å². The van der Waals surface area contributed by atoms with Crippen LogP contribution in [0.25, 0.3) is 10.9 Å². The van der Waals surface area contributed by atoms with Crippen LogP contribution in [0.3, 0.4) is 0 Å². The molecule has 184 valence electrons. The Morgan fingerprint density at radius 3 is 2.51 bits per heavy atom. The highest BCUT2D eigenvalue weighted by atomic mass is 19.1. The van der Waals surface area contributed by atoms with Gasteiger partial charge in [-0.3, -0.25) is 9.69 Å². The number of hydrogen-bond acceptors (Lipinski definition) is 6. The molecule has 9 heteroatoms. The molecule has 0 bridgehead atoms. The van der Waals surface area contributed by atoms with Crippen molar-refractivity contribution in [1.82, 2.24) is 30.1 Å². The summed E-state index contributed by atoms with van der Waals surface area (Å²) in [7, 11) is 1.61. The van der Waals surface area contributed by atoms with Crippen LogP contribution in [0, 0.1) is 5.82 Å². The summed E-state index contributed by atoms with van der Waals surface area (Å²) in [6.07, 6.45) is 0.719. The van der Waals surface area contributed by atoms with Crippen LogP contribution < -0.4 is 10.3 Å². The lowest BCUT2D eigenvalue weighted by Crippen LogP contribution is -2.35. The molecule has 0 aliphatic rings. The summed E-state index contributed by atoms with van der Waals surface area (Å²) in [6, 6.07) is 13.7. The highest BCUT2D eigenvalue weighted by molar-refractivity contribution is 5.80. The van der Waals surface area contributed by atoms with Gasteiger partial charge in [0.05, 0.1) is 18.7 Å². The van der Waals surface area contributed by atoms with Crippen LogP contribution in [0.5, 0.6) is 5.75 Å². The monoisotopic (exact) mass is 478 g/mol. The van der Waals surface area contributed by atoms with Crippen LogP contribution in [0.15, 0.2) is 53.3 Å². The molecule has 1 N–H and O–H groups in total. The summed E-state index contributed by atoms with van der Waals surface area (Å²) >= 11 is 0. The molecule has 4 aromatic rings. The summed E-state index contributed by atoms with van der Waals surface area (Å²) in [5.74, 6) is 1.15. The van der Waals surface area contributed by atoms with Crippen molar-refractivity contribution >= 4 is 10.9 Å². The molecule has 0 fully saturated rings. The molecule has 0 spiro atoms. The van der Waals surface area contributed by atoms with Crippen molar-refractivity contribution < 1.29 is 9.13 Å². The molecule has 0 saturated heterocycles. The predicted octanol–water partition coefficient (Wildman–Crippen LogP) is 4.57. The number of rotatable bonds is 8. The maximum atomic E-state index is 13.6. The van der Waals surface area contributed by atoms with Crippen LogP contribution in [0.4, 0.5) is 4.39 Å². The van der Waals surface area contributed by atoms with Gasteiger partial charge in [0.25, 0.3) is 5.56 Å². The van der Waals surface area contributed by atoms with Gasteiger partial charge in [0.1, 0.15) is 11.6 Å². The van der Waals surface area contributed by atoms with E-state index in [1.807, 2.05) is 49.7 Å². The number of ether oxygens (including phenoxy) is 1. The van der Waals surface area contributed by atoms with Gasteiger partial charge in [-0.15, -0.1) is 5.10 Å². The molecule has 35 heavy (non-hydrogen) atoms. The zero-order valence-electron chi connectivity index (χ0n) is 20.7. The smallest absolute Gasteiger partial charge is 0.252 e. The van der Waals surface area contributed by atoms with Crippen LogP contribution >= 0.6 is 0 Å². The lowest BCUT2D eigenvalue weighted by molar-refractivity contribution is 0.153. The maximum Gasteiger partial charge on any atom is 0.252 e. The standard InChI is InChI=1S/C26H31FN6O2/c1-6-23(24-29-30-31-33(24)26(2,3)4)32(15-17-7-9-20(27)10-8-17)16-19-13-18-14-21(35-5)11-12-22(18)28-25(19)34/h7-14,23H,6,15-16H2,1-5H3,(H,28,34)/t23-/m1/s1. The number of nitrogens with one attached hydrogen (secondary N) is 1. The number of halogens is 1. The zero-order valence-corrected chi connectivity index (χ0v) is 20.7. The van der Waals surface area contributed by atoms with E-state index in [9.17, 15) is 9.18 Å². The third-order valence-electron chi connectivity index (χ3n) is 6.06. The van der Waals surface area contributed by atoms with E-state index in [-0.39, 0.29) is 23.0 Å². The number of benzene rings is 2. The highest BCUT2D eigenvalue weighted by Crippen LogP contribution is 2.29. The first kappa shape index (κ1) is 24.5. The van der Waals surface area contributed by atoms with E-state index in [1.54, 1.807) is 19.2 Å². The molecule has 0 saturated carbocycles. The molecule has 2 heterocycles. The van der Waals surface area contributed by atoms with Crippen molar-refractivity contribution in [3.8, 4) is 5.75 Å². The molecule has 4 rings (SSSR count). The number of methoxy groups -OCH3 is 1. The molecule has 8 nitrogen and oxygen atoms in total. The minimum atomic E-state index is -0.315. The second-order valence-corrected chi connectivity index (χ2v) is 9.65. The fraction of sp³-hybridized carbons (Fsp3) is 0.385. The Balaban J connectivity index is 1.77. The number of nitrogens with zero attached hydrogens (tertiary/aromatic N) is 5. The number of aromatic nitrogens is 5. The van der Waals surface area contributed by atoms with E-state index in [4.69, 9.17) is 4.74 Å². The van der Waals surface area contributed by atoms with Gasteiger partial charge in [-0.05, 0) is 79.6 Å². The maximum absolute atomic E-state index is 13.6. The van der Waals surface area contributed by atoms with Gasteiger partial charge in [0, 0.05) is 29.6 Å². The summed E-state index contributed by atoms with van der Waals surface area (Å²) in [5, 5.41) is 13.4. The van der Waals surface area contributed by atoms with E-state index in [0.29, 0.717) is 18.7 Å². The summed E-state index contributed by atoms with van der Waals surface area (Å²) in [5.41, 5.74) is 1.81. The van der Waals surface area contributed by atoms with Gasteiger partial charge in [-0.25, -0.2) is 9.07 Å². The molecule has 0 radical (unpaired) electrons. The summed E-state index contributed by atoms with van der Waals surface area (Å²) < 4.78 is 20.7. The fourth-order valence-electron chi connectivity index (χ4n) is 4.28. The van der Waals surface area contributed by atoms with Gasteiger partial charge < -0.3 is 9.72 Å². The normalized spacial score (nSPS) is 12.9. The molecular weight excluding hydrogens is 447 g/mol. The van der Waals surface area contributed by atoms with Crippen molar-refractivity contribution in [2.45, 2.75) is 58.8 Å². The summed E-state index contributed by atoms with van der Waals surface area (Å²) in [4.78, 5) is 18.2. The Bertz CT molecular complexity index is 1360. The lowest BCUT2D eigenvalue weighted by atomic mass is 10.0. The first-order chi connectivity index (χ1) is 16.7. The van der Waals surface area contributed by atoms with Crippen molar-refractivity contribution in [1.29, 1.82) is 0 Å². The van der Waals surface area contributed by atoms with Crippen LogP contribution in [-0.2, 0) is 18.6 Å². The molecule has 2 aromatic carbocycles. The predicted molar refractivity (Wildman–Crippen MR) is 133 cm³/mol. The minimum Gasteiger partial charge on any atom is -0.497 e. The zero-order chi connectivity index (χ0) is 25.2. The van der Waals surface area contributed by atoms with E-state index >= 15 is 0 Å². The van der Waals surface area contributed by atoms with Crippen molar-refractivity contribution in [2.75, 3.05) is 7.11 Å². The Kier molecular flexibility index (Phi) is 6.98. The van der Waals surface area contributed by atoms with Gasteiger partial charge >= 0.3 is 0 Å². The number of fused-ring (bicyclic) bond motifs is 1. The Morgan fingerprint density at radius 2 is 1.86 bits per heavy atom. The molecule has 0 amide bonds. The number of tetrazole rings is 1. The van der Waals surface area contributed by atoms with Crippen LogP contribution in [0.2, 0.25) is 0 Å². The number of aromatic amines is 1. The van der Waals surface area contributed by atoms with Crippen LogP contribution in [0.1, 0.15) is 57.1 Å². The number of pyridine rings is 1. The van der Waals surface area contributed by atoms with Crippen molar-refractivity contribution in [2.24, 2.45) is 0 Å². The largest absolute Gasteiger partial charge is 0.497 e. The average Bonchev–Trinajstić information content (AvgIpc) is 3.31. The molecule has 1 atom stereocenters. The first-order valence-corrected chi connectivity index (χ1v) is 11.7. The SMILES string of the molecule is CC[C@H](c1nnnn1C(C)(C)C)N(Cc1ccc(F)cc1)Cc1cc2cc(OC)ccc2[nH]c1=O. The number of hydrogen-bond donors (Lipinski definition) is 1. The first-order valence-electron chi connectivity index (χ1n) is 11.7. The Labute approximate surface area is 203 Å². The van der Waals surface area contributed by atoms with Crippen molar-refractivity contribution in [3.05, 3.63) is 81.7 Å². The Morgan fingerprint density at radius 1 is 1.11 bits per heavy atom.